The summed E-state index contributed by atoms with van der Waals surface area (Å²) >= 11 is 2.07. The molecule has 1 aliphatic heterocycles. The Morgan fingerprint density at radius 2 is 2.00 bits per heavy atom. The fraction of sp³-hybridized carbons (Fsp3) is 0.615. The Bertz CT molecular complexity index is 353. The van der Waals surface area contributed by atoms with Gasteiger partial charge in [-0.25, -0.2) is 0 Å². The van der Waals surface area contributed by atoms with Crippen molar-refractivity contribution in [2.75, 3.05) is 18.0 Å². The third-order valence-electron chi connectivity index (χ3n) is 3.02. The van der Waals surface area contributed by atoms with Gasteiger partial charge < -0.3 is 10.6 Å². The molecule has 3 nitrogen and oxygen atoms in total. The fourth-order valence-electron chi connectivity index (χ4n) is 2.24. The molecule has 2 heterocycles. The van der Waals surface area contributed by atoms with E-state index in [0.717, 1.165) is 18.8 Å². The smallest absolute Gasteiger partial charge is 0.0569 e. The molecule has 0 bridgehead atoms. The second-order valence-corrected chi connectivity index (χ2v) is 6.77. The number of pyridine rings is 1. The molecule has 0 saturated carbocycles. The average molecular weight is 251 g/mol. The van der Waals surface area contributed by atoms with Gasteiger partial charge in [-0.3, -0.25) is 4.98 Å². The molecule has 1 fully saturated rings. The van der Waals surface area contributed by atoms with Gasteiger partial charge in [-0.1, -0.05) is 13.8 Å². The van der Waals surface area contributed by atoms with Crippen molar-refractivity contribution >= 4 is 17.4 Å². The van der Waals surface area contributed by atoms with Gasteiger partial charge in [0.1, 0.15) is 0 Å². The van der Waals surface area contributed by atoms with E-state index in [0.29, 0.717) is 10.5 Å². The Morgan fingerprint density at radius 3 is 2.47 bits per heavy atom. The van der Waals surface area contributed by atoms with Crippen LogP contribution in [0.1, 0.15) is 32.5 Å². The van der Waals surface area contributed by atoms with Crippen LogP contribution in [0.4, 0.5) is 5.69 Å². The van der Waals surface area contributed by atoms with Crippen molar-refractivity contribution in [3.05, 3.63) is 24.0 Å². The van der Waals surface area contributed by atoms with Crippen LogP contribution in [-0.2, 0) is 0 Å². The molecule has 2 rings (SSSR count). The number of hydrogen-bond acceptors (Lipinski definition) is 4. The Balaban J connectivity index is 2.11. The lowest BCUT2D eigenvalue weighted by Gasteiger charge is -2.36. The molecule has 0 aromatic carbocycles. The van der Waals surface area contributed by atoms with E-state index in [9.17, 15) is 0 Å². The van der Waals surface area contributed by atoms with Crippen molar-refractivity contribution in [2.45, 2.75) is 37.3 Å². The van der Waals surface area contributed by atoms with E-state index in [1.807, 2.05) is 19.2 Å². The van der Waals surface area contributed by atoms with E-state index < -0.39 is 0 Å². The second-order valence-electron chi connectivity index (χ2n) is 4.89. The van der Waals surface area contributed by atoms with Crippen LogP contribution in [0.2, 0.25) is 0 Å². The van der Waals surface area contributed by atoms with Crippen LogP contribution in [0, 0.1) is 0 Å². The number of nitrogens with zero attached hydrogens (tertiary/aromatic N) is 2. The average Bonchev–Trinajstić information content (AvgIpc) is 2.28. The van der Waals surface area contributed by atoms with Crippen LogP contribution < -0.4 is 10.6 Å². The van der Waals surface area contributed by atoms with Gasteiger partial charge in [0.2, 0.25) is 0 Å². The zero-order chi connectivity index (χ0) is 12.4. The lowest BCUT2D eigenvalue weighted by atomic mass is 10.2. The fourth-order valence-corrected chi connectivity index (χ4v) is 3.57. The number of hydrogen-bond donors (Lipinski definition) is 1. The number of aromatic nitrogens is 1. The first-order chi connectivity index (χ1) is 8.06. The summed E-state index contributed by atoms with van der Waals surface area (Å²) < 4.78 is 0. The second kappa shape index (κ2) is 5.27. The first-order valence-corrected chi connectivity index (χ1v) is 7.12. The van der Waals surface area contributed by atoms with Crippen molar-refractivity contribution in [1.29, 1.82) is 0 Å². The third-order valence-corrected chi connectivity index (χ3v) is 4.25. The highest BCUT2D eigenvalue weighted by molar-refractivity contribution is 8.00. The van der Waals surface area contributed by atoms with Crippen LogP contribution >= 0.6 is 11.8 Å². The minimum Gasteiger partial charge on any atom is -0.368 e. The zero-order valence-corrected chi connectivity index (χ0v) is 11.6. The Kier molecular flexibility index (Phi) is 3.94. The molecular formula is C13H21N3S. The molecule has 1 aromatic heterocycles. The summed E-state index contributed by atoms with van der Waals surface area (Å²) in [7, 11) is 0. The van der Waals surface area contributed by atoms with Gasteiger partial charge in [-0.15, -0.1) is 0 Å². The molecule has 0 amide bonds. The predicted molar refractivity (Wildman–Crippen MR) is 75.6 cm³/mol. The molecule has 17 heavy (non-hydrogen) atoms. The Labute approximate surface area is 108 Å². The van der Waals surface area contributed by atoms with E-state index in [1.165, 1.54) is 5.69 Å². The summed E-state index contributed by atoms with van der Waals surface area (Å²) in [6.45, 7) is 8.75. The SMILES string of the molecule is CC1CN(c2ccc([C@@H](C)N)nc2)CC(C)S1. The topological polar surface area (TPSA) is 42.1 Å². The number of thioether (sulfide) groups is 1. The van der Waals surface area contributed by atoms with Crippen LogP contribution in [0.25, 0.3) is 0 Å². The van der Waals surface area contributed by atoms with Gasteiger partial charge in [-0.2, -0.15) is 11.8 Å². The van der Waals surface area contributed by atoms with Gasteiger partial charge in [0, 0.05) is 29.6 Å². The highest BCUT2D eigenvalue weighted by atomic mass is 32.2. The Hall–Kier alpha value is -0.740. The van der Waals surface area contributed by atoms with E-state index in [-0.39, 0.29) is 6.04 Å². The predicted octanol–water partition coefficient (Wildman–Crippen LogP) is 2.43. The van der Waals surface area contributed by atoms with Crippen molar-refractivity contribution < 1.29 is 0 Å². The summed E-state index contributed by atoms with van der Waals surface area (Å²) in [5, 5.41) is 1.37. The first kappa shape index (κ1) is 12.7. The minimum atomic E-state index is 0.0128. The van der Waals surface area contributed by atoms with Gasteiger partial charge in [-0.05, 0) is 19.1 Å². The lowest BCUT2D eigenvalue weighted by Crippen LogP contribution is -2.40. The zero-order valence-electron chi connectivity index (χ0n) is 10.8. The molecule has 2 N–H and O–H groups in total. The highest BCUT2D eigenvalue weighted by Gasteiger charge is 2.22. The summed E-state index contributed by atoms with van der Waals surface area (Å²) in [6, 6.07) is 4.19. The van der Waals surface area contributed by atoms with Crippen molar-refractivity contribution in [3.63, 3.8) is 0 Å². The summed E-state index contributed by atoms with van der Waals surface area (Å²) in [6.07, 6.45) is 1.95. The molecule has 1 aliphatic rings. The first-order valence-electron chi connectivity index (χ1n) is 6.18. The molecule has 94 valence electrons. The number of anilines is 1. The standard InChI is InChI=1S/C13H21N3S/c1-9-7-16(8-10(2)17-9)12-4-5-13(11(3)14)15-6-12/h4-6,9-11H,7-8,14H2,1-3H3/t9?,10?,11-/m1/s1. The molecule has 3 atom stereocenters. The molecule has 2 unspecified atom stereocenters. The van der Waals surface area contributed by atoms with Gasteiger partial charge in [0.15, 0.2) is 0 Å². The molecule has 0 radical (unpaired) electrons. The quantitative estimate of drug-likeness (QED) is 0.876. The minimum absolute atomic E-state index is 0.0128. The Morgan fingerprint density at radius 1 is 1.35 bits per heavy atom. The molecular weight excluding hydrogens is 230 g/mol. The summed E-state index contributed by atoms with van der Waals surface area (Å²) in [5.74, 6) is 0. The largest absolute Gasteiger partial charge is 0.368 e. The summed E-state index contributed by atoms with van der Waals surface area (Å²) in [4.78, 5) is 6.85. The lowest BCUT2D eigenvalue weighted by molar-refractivity contribution is 0.723. The van der Waals surface area contributed by atoms with Crippen LogP contribution in [0.5, 0.6) is 0 Å². The van der Waals surface area contributed by atoms with Gasteiger partial charge >= 0.3 is 0 Å². The monoisotopic (exact) mass is 251 g/mol. The van der Waals surface area contributed by atoms with Gasteiger partial charge in [0.25, 0.3) is 0 Å². The third kappa shape index (κ3) is 3.13. The van der Waals surface area contributed by atoms with Crippen LogP contribution in [0.3, 0.4) is 0 Å². The highest BCUT2D eigenvalue weighted by Crippen LogP contribution is 2.28. The van der Waals surface area contributed by atoms with Crippen molar-refractivity contribution in [3.8, 4) is 0 Å². The van der Waals surface area contributed by atoms with E-state index in [2.05, 4.69) is 41.6 Å². The normalized spacial score (nSPS) is 26.9. The molecule has 4 heteroatoms. The van der Waals surface area contributed by atoms with Crippen molar-refractivity contribution in [1.82, 2.24) is 4.98 Å². The van der Waals surface area contributed by atoms with E-state index in [1.54, 1.807) is 0 Å². The molecule has 0 aliphatic carbocycles. The van der Waals surface area contributed by atoms with Gasteiger partial charge in [0.05, 0.1) is 17.6 Å². The number of rotatable bonds is 2. The van der Waals surface area contributed by atoms with Crippen LogP contribution in [0.15, 0.2) is 18.3 Å². The molecule has 1 saturated heterocycles. The maximum absolute atomic E-state index is 5.81. The van der Waals surface area contributed by atoms with E-state index in [4.69, 9.17) is 5.73 Å². The summed E-state index contributed by atoms with van der Waals surface area (Å²) in [5.41, 5.74) is 7.98. The van der Waals surface area contributed by atoms with Crippen molar-refractivity contribution in [2.24, 2.45) is 5.73 Å². The molecule has 1 aromatic rings. The molecule has 0 spiro atoms. The van der Waals surface area contributed by atoms with E-state index >= 15 is 0 Å². The van der Waals surface area contributed by atoms with Crippen LogP contribution in [-0.4, -0.2) is 28.6 Å². The maximum atomic E-state index is 5.81. The maximum Gasteiger partial charge on any atom is 0.0569 e. The number of nitrogens with two attached hydrogens (primary N) is 1.